The van der Waals surface area contributed by atoms with Gasteiger partial charge >= 0.3 is 11.9 Å². The molecular formula is C20H42N6O6P2S2. The fourth-order valence-electron chi connectivity index (χ4n) is 3.07. The molecule has 0 heterocycles. The highest BCUT2D eigenvalue weighted by Gasteiger charge is 2.25. The summed E-state index contributed by atoms with van der Waals surface area (Å²) in [5.41, 5.74) is 10.9. The van der Waals surface area contributed by atoms with Crippen molar-refractivity contribution in [2.45, 2.75) is 75.5 Å². The molecule has 6 atom stereocenters. The van der Waals surface area contributed by atoms with Crippen molar-refractivity contribution in [3.63, 3.8) is 0 Å². The fraction of sp³-hybridized carbons (Fsp3) is 0.800. The number of nitrogens with two attached hydrogens (primary N) is 2. The van der Waals surface area contributed by atoms with Crippen LogP contribution in [0.25, 0.3) is 0 Å². The van der Waals surface area contributed by atoms with Crippen LogP contribution < -0.4 is 32.3 Å². The average Bonchev–Trinajstić information content (AvgIpc) is 2.84. The van der Waals surface area contributed by atoms with Crippen LogP contribution in [0.15, 0.2) is 0 Å². The smallest absolute Gasteiger partial charge is 0.326 e. The molecule has 0 saturated heterocycles. The molecule has 0 spiro atoms. The maximum Gasteiger partial charge on any atom is 0.326 e. The summed E-state index contributed by atoms with van der Waals surface area (Å²) in [7, 11) is 7.66. The van der Waals surface area contributed by atoms with Gasteiger partial charge < -0.3 is 32.3 Å². The predicted octanol–water partition coefficient (Wildman–Crippen LogP) is 0.0414. The number of carboxylic acid groups (broad SMARTS) is 2. The Bertz CT molecular complexity index is 616. The number of unbranched alkanes of at least 4 members (excludes halogenated alkanes) is 2. The Hall–Kier alpha value is -0.720. The number of carboxylic acids is 2. The fourth-order valence-corrected chi connectivity index (χ4v) is 5.90. The van der Waals surface area contributed by atoms with E-state index in [-0.39, 0.29) is 11.8 Å². The standard InChI is InChI=1S/C20H42N6O6P2S2/c21-9-3-1-5-15(19(29)30)23-17(27)13(25-33)7-11-35-36-12-8-14(26-34)18(28)24-16(20(31)32)6-2-4-10-22/h13-16,25-26H,1-12,21-22,33-34H2,(H,23,27)(H,24,28)(H,29,30)(H,31,32)/t13-,14-,15-,16-/m0/s1. The highest BCUT2D eigenvalue weighted by molar-refractivity contribution is 8.76. The summed E-state index contributed by atoms with van der Waals surface area (Å²) < 4.78 is 0. The number of amides is 2. The summed E-state index contributed by atoms with van der Waals surface area (Å²) in [6, 6.07) is -3.01. The molecule has 36 heavy (non-hydrogen) atoms. The molecule has 0 aromatic rings. The third-order valence-electron chi connectivity index (χ3n) is 5.22. The number of nitrogens with one attached hydrogen (secondary N) is 4. The second kappa shape index (κ2) is 22.3. The third-order valence-corrected chi connectivity index (χ3v) is 8.50. The van der Waals surface area contributed by atoms with Gasteiger partial charge in [0.1, 0.15) is 12.1 Å². The quantitative estimate of drug-likeness (QED) is 0.0452. The van der Waals surface area contributed by atoms with Crippen molar-refractivity contribution in [1.82, 2.24) is 20.8 Å². The van der Waals surface area contributed by atoms with E-state index >= 15 is 0 Å². The number of carbonyl (C=O) groups excluding carboxylic acids is 2. The zero-order valence-corrected chi connectivity index (χ0v) is 24.4. The highest BCUT2D eigenvalue weighted by Crippen LogP contribution is 2.24. The van der Waals surface area contributed by atoms with Gasteiger partial charge in [0, 0.05) is 11.5 Å². The molecule has 2 unspecified atom stereocenters. The van der Waals surface area contributed by atoms with Gasteiger partial charge in [-0.2, -0.15) is 0 Å². The Morgan fingerprint density at radius 2 is 1.00 bits per heavy atom. The van der Waals surface area contributed by atoms with E-state index in [9.17, 15) is 29.4 Å². The number of hydrogen-bond acceptors (Lipinski definition) is 10. The Morgan fingerprint density at radius 1 is 0.639 bits per heavy atom. The highest BCUT2D eigenvalue weighted by atomic mass is 33.1. The topological polar surface area (TPSA) is 209 Å². The van der Waals surface area contributed by atoms with Gasteiger partial charge in [-0.3, -0.25) is 19.8 Å². The van der Waals surface area contributed by atoms with Crippen LogP contribution >= 0.6 is 40.4 Å². The number of rotatable bonds is 23. The van der Waals surface area contributed by atoms with E-state index in [1.807, 2.05) is 0 Å². The summed E-state index contributed by atoms with van der Waals surface area (Å²) in [6.45, 7) is 0.948. The third kappa shape index (κ3) is 16.2. The van der Waals surface area contributed by atoms with Gasteiger partial charge in [0.15, 0.2) is 0 Å². The Balaban J connectivity index is 4.40. The van der Waals surface area contributed by atoms with Gasteiger partial charge in [-0.25, -0.2) is 9.59 Å². The monoisotopic (exact) mass is 588 g/mol. The number of aliphatic carboxylic acids is 2. The molecule has 10 N–H and O–H groups in total. The molecule has 0 aromatic heterocycles. The molecule has 2 amide bonds. The molecule has 0 fully saturated rings. The van der Waals surface area contributed by atoms with Crippen molar-refractivity contribution in [2.75, 3.05) is 24.6 Å². The molecule has 0 bridgehead atoms. The van der Waals surface area contributed by atoms with Crippen molar-refractivity contribution in [1.29, 1.82) is 0 Å². The Morgan fingerprint density at radius 3 is 1.28 bits per heavy atom. The predicted molar refractivity (Wildman–Crippen MR) is 152 cm³/mol. The van der Waals surface area contributed by atoms with Crippen LogP contribution in [0.3, 0.4) is 0 Å². The number of carbonyl (C=O) groups is 4. The zero-order valence-electron chi connectivity index (χ0n) is 20.4. The maximum atomic E-state index is 12.5. The minimum absolute atomic E-state index is 0.325. The minimum atomic E-state index is -1.07. The molecule has 0 radical (unpaired) electrons. The molecule has 0 saturated carbocycles. The molecule has 0 aliphatic carbocycles. The number of hydrogen-bond donors (Lipinski definition) is 8. The summed E-state index contributed by atoms with van der Waals surface area (Å²) >= 11 is 0. The van der Waals surface area contributed by atoms with Crippen molar-refractivity contribution in [2.24, 2.45) is 11.5 Å². The van der Waals surface area contributed by atoms with E-state index in [2.05, 4.69) is 39.6 Å². The van der Waals surface area contributed by atoms with Gasteiger partial charge in [-0.1, -0.05) is 40.4 Å². The van der Waals surface area contributed by atoms with E-state index in [1.54, 1.807) is 0 Å². The van der Waals surface area contributed by atoms with Gasteiger partial charge in [-0.15, -0.1) is 0 Å². The summed E-state index contributed by atoms with van der Waals surface area (Å²) in [4.78, 5) is 47.7. The second-order valence-electron chi connectivity index (χ2n) is 8.03. The van der Waals surface area contributed by atoms with Gasteiger partial charge in [0.05, 0.1) is 12.1 Å². The van der Waals surface area contributed by atoms with Gasteiger partial charge in [0.2, 0.25) is 11.8 Å². The van der Waals surface area contributed by atoms with Crippen molar-refractivity contribution >= 4 is 64.1 Å². The van der Waals surface area contributed by atoms with Gasteiger partial charge in [0.25, 0.3) is 0 Å². The van der Waals surface area contributed by atoms with Crippen LogP contribution in [0.4, 0.5) is 0 Å². The first-order valence-electron chi connectivity index (χ1n) is 11.8. The lowest BCUT2D eigenvalue weighted by molar-refractivity contribution is -0.142. The Labute approximate surface area is 225 Å². The summed E-state index contributed by atoms with van der Waals surface area (Å²) in [5, 5.41) is 29.5. The van der Waals surface area contributed by atoms with Crippen LogP contribution in [-0.4, -0.2) is 82.7 Å². The van der Waals surface area contributed by atoms with E-state index in [1.165, 1.54) is 21.6 Å². The van der Waals surface area contributed by atoms with Gasteiger partial charge in [-0.05, 0) is 64.5 Å². The Kier molecular flexibility index (Phi) is 21.8. The average molecular weight is 589 g/mol. The normalized spacial score (nSPS) is 14.4. The van der Waals surface area contributed by atoms with Crippen LogP contribution in [0.1, 0.15) is 51.4 Å². The van der Waals surface area contributed by atoms with Crippen LogP contribution in [0, 0.1) is 0 Å². The largest absolute Gasteiger partial charge is 0.480 e. The molecule has 210 valence electrons. The van der Waals surface area contributed by atoms with E-state index in [4.69, 9.17) is 11.5 Å². The van der Waals surface area contributed by atoms with Crippen LogP contribution in [0.5, 0.6) is 0 Å². The van der Waals surface area contributed by atoms with Crippen molar-refractivity contribution in [3.05, 3.63) is 0 Å². The van der Waals surface area contributed by atoms with E-state index < -0.39 is 36.1 Å². The minimum Gasteiger partial charge on any atom is -0.480 e. The van der Waals surface area contributed by atoms with Crippen LogP contribution in [-0.2, 0) is 19.2 Å². The summed E-state index contributed by atoms with van der Waals surface area (Å²) in [5.74, 6) is -1.64. The first-order chi connectivity index (χ1) is 17.2. The molecule has 0 aromatic carbocycles. The SMILES string of the molecule is NCCCC[C@H](NC(=O)[C@H](CCSSCC[C@H](NP)C(=O)N[C@@H](CCCCN)C(=O)O)NP)C(=O)O. The molecule has 12 nitrogen and oxygen atoms in total. The lowest BCUT2D eigenvalue weighted by Crippen LogP contribution is -2.48. The molecule has 16 heteroatoms. The molecular weight excluding hydrogens is 546 g/mol. The second-order valence-corrected chi connectivity index (χ2v) is 11.4. The first-order valence-corrected chi connectivity index (χ1v) is 15.5. The van der Waals surface area contributed by atoms with Crippen molar-refractivity contribution < 1.29 is 29.4 Å². The first kappa shape index (κ1) is 35.3. The molecule has 0 rings (SSSR count). The van der Waals surface area contributed by atoms with E-state index in [0.29, 0.717) is 76.0 Å². The van der Waals surface area contributed by atoms with E-state index in [0.717, 1.165) is 0 Å². The van der Waals surface area contributed by atoms with Crippen molar-refractivity contribution in [3.8, 4) is 0 Å². The molecule has 0 aliphatic heterocycles. The van der Waals surface area contributed by atoms with Crippen LogP contribution in [0.2, 0.25) is 0 Å². The lowest BCUT2D eigenvalue weighted by atomic mass is 10.1. The lowest BCUT2D eigenvalue weighted by Gasteiger charge is -2.20. The zero-order chi connectivity index (χ0) is 27.3. The summed E-state index contributed by atoms with van der Waals surface area (Å²) in [6.07, 6.45) is 4.25. The maximum absolute atomic E-state index is 12.5. The molecule has 0 aliphatic rings.